The molecular formula is C12H26N4O2. The second kappa shape index (κ2) is 8.05. The Labute approximate surface area is 110 Å². The van der Waals surface area contributed by atoms with Crippen molar-refractivity contribution in [2.75, 3.05) is 41.3 Å². The Morgan fingerprint density at radius 2 is 1.72 bits per heavy atom. The van der Waals surface area contributed by atoms with E-state index in [4.69, 9.17) is 0 Å². The lowest BCUT2D eigenvalue weighted by molar-refractivity contribution is -0.133. The molecule has 0 heterocycles. The average molecular weight is 258 g/mol. The summed E-state index contributed by atoms with van der Waals surface area (Å²) in [6, 6.07) is -0.375. The van der Waals surface area contributed by atoms with E-state index in [0.29, 0.717) is 13.1 Å². The van der Waals surface area contributed by atoms with Crippen molar-refractivity contribution in [2.24, 2.45) is 0 Å². The van der Waals surface area contributed by atoms with Crippen LogP contribution in [0.1, 0.15) is 13.8 Å². The van der Waals surface area contributed by atoms with Crippen molar-refractivity contribution in [3.05, 3.63) is 0 Å². The number of hydrogen-bond donors (Lipinski definition) is 2. The van der Waals surface area contributed by atoms with Gasteiger partial charge in [0.25, 0.3) is 0 Å². The van der Waals surface area contributed by atoms with Gasteiger partial charge in [-0.25, -0.2) is 0 Å². The highest BCUT2D eigenvalue weighted by molar-refractivity contribution is 5.81. The number of nitrogens with one attached hydrogen (secondary N) is 2. The Morgan fingerprint density at radius 3 is 2.17 bits per heavy atom. The molecule has 0 fully saturated rings. The third kappa shape index (κ3) is 5.46. The Balaban J connectivity index is 4.00. The van der Waals surface area contributed by atoms with Crippen LogP contribution in [0.5, 0.6) is 0 Å². The number of amides is 2. The number of likely N-dealkylation sites (N-methyl/N-ethyl adjacent to an activating group) is 3. The minimum atomic E-state index is -0.219. The van der Waals surface area contributed by atoms with Gasteiger partial charge in [0.15, 0.2) is 0 Å². The van der Waals surface area contributed by atoms with Gasteiger partial charge in [-0.3, -0.25) is 14.5 Å². The molecule has 0 aliphatic carbocycles. The summed E-state index contributed by atoms with van der Waals surface area (Å²) in [5.41, 5.74) is 0. The molecule has 0 aliphatic rings. The van der Waals surface area contributed by atoms with Crippen molar-refractivity contribution in [3.8, 4) is 0 Å². The molecule has 2 atom stereocenters. The zero-order chi connectivity index (χ0) is 14.3. The monoisotopic (exact) mass is 258 g/mol. The first kappa shape index (κ1) is 16.9. The lowest BCUT2D eigenvalue weighted by atomic mass is 10.2. The molecule has 2 N–H and O–H groups in total. The van der Waals surface area contributed by atoms with Crippen molar-refractivity contribution in [1.82, 2.24) is 20.4 Å². The molecule has 0 unspecified atom stereocenters. The van der Waals surface area contributed by atoms with E-state index >= 15 is 0 Å². The minimum absolute atomic E-state index is 0.0323. The number of nitrogens with zero attached hydrogens (tertiary/aromatic N) is 2. The van der Waals surface area contributed by atoms with Crippen LogP contribution in [-0.2, 0) is 9.59 Å². The van der Waals surface area contributed by atoms with Crippen LogP contribution in [0.15, 0.2) is 0 Å². The SMILES string of the molecule is CNC(=O)[C@H](C)NCCN(C)[C@@H](C)C(=O)N(C)C. The molecule has 0 saturated carbocycles. The lowest BCUT2D eigenvalue weighted by Gasteiger charge is -2.26. The van der Waals surface area contributed by atoms with Gasteiger partial charge in [0.05, 0.1) is 12.1 Å². The van der Waals surface area contributed by atoms with Crippen LogP contribution in [0.25, 0.3) is 0 Å². The fraction of sp³-hybridized carbons (Fsp3) is 0.833. The van der Waals surface area contributed by atoms with E-state index in [1.54, 1.807) is 26.0 Å². The quantitative estimate of drug-likeness (QED) is 0.622. The summed E-state index contributed by atoms with van der Waals surface area (Å²) in [5, 5.41) is 5.69. The summed E-state index contributed by atoms with van der Waals surface area (Å²) in [7, 11) is 7.01. The van der Waals surface area contributed by atoms with E-state index in [0.717, 1.165) is 0 Å². The third-order valence-corrected chi connectivity index (χ3v) is 3.01. The van der Waals surface area contributed by atoms with Crippen LogP contribution in [0.2, 0.25) is 0 Å². The molecular weight excluding hydrogens is 232 g/mol. The number of hydrogen-bond acceptors (Lipinski definition) is 4. The van der Waals surface area contributed by atoms with Crippen molar-refractivity contribution in [2.45, 2.75) is 25.9 Å². The predicted molar refractivity (Wildman–Crippen MR) is 72.3 cm³/mol. The molecule has 0 aromatic heterocycles. The highest BCUT2D eigenvalue weighted by Gasteiger charge is 2.19. The van der Waals surface area contributed by atoms with Gasteiger partial charge in [0, 0.05) is 34.2 Å². The van der Waals surface area contributed by atoms with E-state index in [-0.39, 0.29) is 23.9 Å². The first-order valence-corrected chi connectivity index (χ1v) is 6.17. The Hall–Kier alpha value is -1.14. The zero-order valence-electron chi connectivity index (χ0n) is 12.3. The maximum absolute atomic E-state index is 11.7. The number of rotatable bonds is 7. The number of carbonyl (C=O) groups excluding carboxylic acids is 2. The molecule has 0 rings (SSSR count). The van der Waals surface area contributed by atoms with E-state index in [9.17, 15) is 9.59 Å². The standard InChI is InChI=1S/C12H26N4O2/c1-9(11(17)13-3)14-7-8-16(6)10(2)12(18)15(4)5/h9-10,14H,7-8H2,1-6H3,(H,13,17)/t9-,10-/m0/s1. The van der Waals surface area contributed by atoms with Gasteiger partial charge in [0.1, 0.15) is 0 Å². The summed E-state index contributed by atoms with van der Waals surface area (Å²) in [4.78, 5) is 26.6. The molecule has 0 bridgehead atoms. The van der Waals surface area contributed by atoms with Gasteiger partial charge in [0.2, 0.25) is 11.8 Å². The van der Waals surface area contributed by atoms with Crippen LogP contribution in [0.4, 0.5) is 0 Å². The zero-order valence-corrected chi connectivity index (χ0v) is 12.3. The Bertz CT molecular complexity index is 281. The first-order valence-electron chi connectivity index (χ1n) is 6.17. The Morgan fingerprint density at radius 1 is 1.17 bits per heavy atom. The summed E-state index contributed by atoms with van der Waals surface area (Å²) >= 11 is 0. The van der Waals surface area contributed by atoms with Gasteiger partial charge in [-0.2, -0.15) is 0 Å². The van der Waals surface area contributed by atoms with Crippen molar-refractivity contribution < 1.29 is 9.59 Å². The molecule has 0 spiro atoms. The maximum Gasteiger partial charge on any atom is 0.239 e. The van der Waals surface area contributed by atoms with Gasteiger partial charge >= 0.3 is 0 Å². The molecule has 0 radical (unpaired) electrons. The molecule has 18 heavy (non-hydrogen) atoms. The first-order chi connectivity index (χ1) is 8.31. The van der Waals surface area contributed by atoms with Crippen LogP contribution in [-0.4, -0.2) is 75.0 Å². The Kier molecular flexibility index (Phi) is 7.54. The van der Waals surface area contributed by atoms with Crippen molar-refractivity contribution in [1.29, 1.82) is 0 Å². The molecule has 0 aromatic rings. The molecule has 6 heteroatoms. The largest absolute Gasteiger partial charge is 0.358 e. The van der Waals surface area contributed by atoms with Gasteiger partial charge in [-0.1, -0.05) is 0 Å². The highest BCUT2D eigenvalue weighted by Crippen LogP contribution is 1.98. The fourth-order valence-corrected chi connectivity index (χ4v) is 1.52. The smallest absolute Gasteiger partial charge is 0.239 e. The topological polar surface area (TPSA) is 64.7 Å². The van der Waals surface area contributed by atoms with E-state index in [1.807, 2.05) is 25.8 Å². The van der Waals surface area contributed by atoms with Crippen molar-refractivity contribution >= 4 is 11.8 Å². The lowest BCUT2D eigenvalue weighted by Crippen LogP contribution is -2.47. The second-order valence-corrected chi connectivity index (χ2v) is 4.68. The molecule has 0 saturated heterocycles. The molecule has 2 amide bonds. The van der Waals surface area contributed by atoms with Crippen LogP contribution >= 0.6 is 0 Å². The maximum atomic E-state index is 11.7. The van der Waals surface area contributed by atoms with Gasteiger partial charge in [-0.15, -0.1) is 0 Å². The van der Waals surface area contributed by atoms with Crippen LogP contribution in [0, 0.1) is 0 Å². The van der Waals surface area contributed by atoms with E-state index in [1.165, 1.54) is 0 Å². The second-order valence-electron chi connectivity index (χ2n) is 4.68. The van der Waals surface area contributed by atoms with Crippen molar-refractivity contribution in [3.63, 3.8) is 0 Å². The normalized spacial score (nSPS) is 14.2. The molecule has 106 valence electrons. The molecule has 6 nitrogen and oxygen atoms in total. The summed E-state index contributed by atoms with van der Waals surface area (Å²) in [6.45, 7) is 5.07. The molecule has 0 aromatic carbocycles. The summed E-state index contributed by atoms with van der Waals surface area (Å²) in [6.07, 6.45) is 0. The minimum Gasteiger partial charge on any atom is -0.358 e. The summed E-state index contributed by atoms with van der Waals surface area (Å²) in [5.74, 6) is 0.0481. The summed E-state index contributed by atoms with van der Waals surface area (Å²) < 4.78 is 0. The van der Waals surface area contributed by atoms with Crippen LogP contribution < -0.4 is 10.6 Å². The van der Waals surface area contributed by atoms with Gasteiger partial charge in [-0.05, 0) is 20.9 Å². The van der Waals surface area contributed by atoms with E-state index in [2.05, 4.69) is 10.6 Å². The fourth-order valence-electron chi connectivity index (χ4n) is 1.52. The number of carbonyl (C=O) groups is 2. The predicted octanol–water partition coefficient (Wildman–Crippen LogP) is -0.881. The molecule has 0 aliphatic heterocycles. The highest BCUT2D eigenvalue weighted by atomic mass is 16.2. The van der Waals surface area contributed by atoms with Crippen LogP contribution in [0.3, 0.4) is 0 Å². The average Bonchev–Trinajstić information content (AvgIpc) is 2.35. The van der Waals surface area contributed by atoms with E-state index < -0.39 is 0 Å². The third-order valence-electron chi connectivity index (χ3n) is 3.01. The van der Waals surface area contributed by atoms with Gasteiger partial charge < -0.3 is 15.5 Å².